The van der Waals surface area contributed by atoms with Crippen LogP contribution in [-0.4, -0.2) is 46.3 Å². The van der Waals surface area contributed by atoms with E-state index in [1.807, 2.05) is 6.92 Å². The van der Waals surface area contributed by atoms with Crippen LogP contribution in [0.15, 0.2) is 29.5 Å². The van der Waals surface area contributed by atoms with Gasteiger partial charge in [0.15, 0.2) is 28.2 Å². The maximum Gasteiger partial charge on any atom is 0.296 e. The largest absolute Gasteiger partial charge is 0.503 e. The number of ketones is 2. The molecule has 0 saturated heterocycles. The molecule has 0 fully saturated rings. The molecule has 9 nitrogen and oxygen atoms in total. The normalized spacial score (nSPS) is 15.6. The van der Waals surface area contributed by atoms with Crippen molar-refractivity contribution in [2.24, 2.45) is 0 Å². The molecular weight excluding hydrogens is 502 g/mol. The minimum absolute atomic E-state index is 0.0878. The number of aliphatic hydroxyl groups is 1. The summed E-state index contributed by atoms with van der Waals surface area (Å²) in [7, 11) is 1.49. The third-order valence-electron chi connectivity index (χ3n) is 5.68. The highest BCUT2D eigenvalue weighted by Gasteiger charge is 2.47. The monoisotopic (exact) mass is 527 g/mol. The first-order chi connectivity index (χ1) is 17.1. The Kier molecular flexibility index (Phi) is 6.96. The number of ether oxygens (including phenoxy) is 2. The molecule has 3 aromatic rings. The molecule has 0 bridgehead atoms. The summed E-state index contributed by atoms with van der Waals surface area (Å²) in [6.07, 6.45) is 0. The van der Waals surface area contributed by atoms with Gasteiger partial charge in [-0.2, -0.15) is 0 Å². The number of carbonyl (C=O) groups is 3. The zero-order valence-electron chi connectivity index (χ0n) is 20.7. The molecular formula is C25H25N3O6S2. The van der Waals surface area contributed by atoms with E-state index < -0.39 is 23.5 Å². The number of aromatic nitrogens is 2. The zero-order valence-corrected chi connectivity index (χ0v) is 22.3. The van der Waals surface area contributed by atoms with Crippen molar-refractivity contribution in [2.75, 3.05) is 18.6 Å². The molecule has 0 radical (unpaired) electrons. The van der Waals surface area contributed by atoms with Gasteiger partial charge >= 0.3 is 0 Å². The second kappa shape index (κ2) is 9.82. The van der Waals surface area contributed by atoms with E-state index in [1.54, 1.807) is 39.0 Å². The van der Waals surface area contributed by atoms with Crippen molar-refractivity contribution in [3.05, 3.63) is 61.2 Å². The van der Waals surface area contributed by atoms with Gasteiger partial charge in [0, 0.05) is 6.92 Å². The Morgan fingerprint density at radius 3 is 2.33 bits per heavy atom. The van der Waals surface area contributed by atoms with Crippen LogP contribution in [0.2, 0.25) is 0 Å². The summed E-state index contributed by atoms with van der Waals surface area (Å²) >= 11 is 2.23. The van der Waals surface area contributed by atoms with Crippen molar-refractivity contribution >= 4 is 45.3 Å². The van der Waals surface area contributed by atoms with E-state index >= 15 is 0 Å². The molecule has 188 valence electrons. The summed E-state index contributed by atoms with van der Waals surface area (Å²) in [5.41, 5.74) is 1.40. The fraction of sp³-hybridized carbons (Fsp3) is 0.320. The molecule has 0 aliphatic carbocycles. The smallest absolute Gasteiger partial charge is 0.296 e. The van der Waals surface area contributed by atoms with Gasteiger partial charge in [-0.3, -0.25) is 19.3 Å². The van der Waals surface area contributed by atoms with E-state index in [0.717, 1.165) is 11.3 Å². The maximum atomic E-state index is 13.7. The summed E-state index contributed by atoms with van der Waals surface area (Å²) in [5, 5.41) is 11.9. The number of methoxy groups -OCH3 is 1. The highest BCUT2D eigenvalue weighted by molar-refractivity contribution is 7.17. The number of rotatable bonds is 8. The molecule has 36 heavy (non-hydrogen) atoms. The summed E-state index contributed by atoms with van der Waals surface area (Å²) in [6.45, 7) is 8.86. The Hall–Kier alpha value is -3.57. The summed E-state index contributed by atoms with van der Waals surface area (Å²) in [4.78, 5) is 50.0. The van der Waals surface area contributed by atoms with Gasteiger partial charge in [0.1, 0.15) is 0 Å². The second-order valence-corrected chi connectivity index (χ2v) is 10.3. The van der Waals surface area contributed by atoms with Crippen molar-refractivity contribution in [3.63, 3.8) is 0 Å². The molecule has 0 saturated carbocycles. The first-order valence-corrected chi connectivity index (χ1v) is 12.8. The standard InChI is InChI=1S/C25H25N3O6S2/c1-7-34-16-9-8-15(10-17(16)33-6)19-18(20(30)23-12(3)26-14(5)35-23)21(31)24(32)28(19)25-27-11(2)22(36-25)13(4)29/h8-10,19,31H,7H2,1-6H3. The molecule has 1 atom stereocenters. The average Bonchev–Trinajstić information content (AvgIpc) is 3.46. The van der Waals surface area contributed by atoms with Gasteiger partial charge in [-0.1, -0.05) is 17.4 Å². The first kappa shape index (κ1) is 25.5. The van der Waals surface area contributed by atoms with E-state index in [1.165, 1.54) is 30.3 Å². The quantitative estimate of drug-likeness (QED) is 0.410. The number of hydrogen-bond donors (Lipinski definition) is 1. The lowest BCUT2D eigenvalue weighted by molar-refractivity contribution is -0.117. The van der Waals surface area contributed by atoms with E-state index in [-0.39, 0.29) is 16.5 Å². The lowest BCUT2D eigenvalue weighted by Crippen LogP contribution is -2.31. The van der Waals surface area contributed by atoms with Crippen molar-refractivity contribution in [2.45, 2.75) is 40.7 Å². The van der Waals surface area contributed by atoms with Crippen LogP contribution in [0.25, 0.3) is 0 Å². The number of aryl methyl sites for hydroxylation is 3. The van der Waals surface area contributed by atoms with Crippen LogP contribution in [0.3, 0.4) is 0 Å². The van der Waals surface area contributed by atoms with Crippen molar-refractivity contribution in [1.29, 1.82) is 0 Å². The van der Waals surface area contributed by atoms with Gasteiger partial charge in [0.25, 0.3) is 5.91 Å². The Bertz CT molecular complexity index is 1420. The fourth-order valence-electron chi connectivity index (χ4n) is 4.16. The van der Waals surface area contributed by atoms with Crippen LogP contribution in [0, 0.1) is 20.8 Å². The zero-order chi connectivity index (χ0) is 26.3. The van der Waals surface area contributed by atoms with Crippen LogP contribution in [-0.2, 0) is 4.79 Å². The highest BCUT2D eigenvalue weighted by Crippen LogP contribution is 2.46. The first-order valence-electron chi connectivity index (χ1n) is 11.1. The van der Waals surface area contributed by atoms with Crippen LogP contribution in [0.4, 0.5) is 5.13 Å². The Morgan fingerprint density at radius 1 is 1.08 bits per heavy atom. The molecule has 1 unspecified atom stereocenters. The highest BCUT2D eigenvalue weighted by atomic mass is 32.1. The summed E-state index contributed by atoms with van der Waals surface area (Å²) in [6, 6.07) is 4.05. The number of benzene rings is 1. The van der Waals surface area contributed by atoms with Gasteiger partial charge in [-0.15, -0.1) is 11.3 Å². The Morgan fingerprint density at radius 2 is 1.78 bits per heavy atom. The molecule has 2 aromatic heterocycles. The van der Waals surface area contributed by atoms with Gasteiger partial charge in [-0.25, -0.2) is 9.97 Å². The minimum Gasteiger partial charge on any atom is -0.503 e. The summed E-state index contributed by atoms with van der Waals surface area (Å²) in [5.74, 6) is -1.22. The average molecular weight is 528 g/mol. The van der Waals surface area contributed by atoms with E-state index in [2.05, 4.69) is 9.97 Å². The predicted octanol–water partition coefficient (Wildman–Crippen LogP) is 4.92. The number of amides is 1. The van der Waals surface area contributed by atoms with Gasteiger partial charge < -0.3 is 14.6 Å². The number of Topliss-reactive ketones (excluding diaryl/α,β-unsaturated/α-hetero) is 2. The van der Waals surface area contributed by atoms with Crippen molar-refractivity contribution in [1.82, 2.24) is 9.97 Å². The Labute approximate surface area is 216 Å². The molecule has 1 N–H and O–H groups in total. The van der Waals surface area contributed by atoms with Gasteiger partial charge in [0.2, 0.25) is 5.78 Å². The van der Waals surface area contributed by atoms with E-state index in [9.17, 15) is 19.5 Å². The van der Waals surface area contributed by atoms with Crippen molar-refractivity contribution < 1.29 is 29.0 Å². The maximum absolute atomic E-state index is 13.7. The lowest BCUT2D eigenvalue weighted by Gasteiger charge is -2.25. The summed E-state index contributed by atoms with van der Waals surface area (Å²) < 4.78 is 11.1. The van der Waals surface area contributed by atoms with E-state index in [4.69, 9.17) is 9.47 Å². The predicted molar refractivity (Wildman–Crippen MR) is 137 cm³/mol. The number of aliphatic hydroxyl groups excluding tert-OH is 1. The van der Waals surface area contributed by atoms with Crippen LogP contribution in [0.5, 0.6) is 11.5 Å². The molecule has 1 amide bonds. The number of carbonyl (C=O) groups excluding carboxylic acids is 3. The number of hydrogen-bond acceptors (Lipinski definition) is 10. The second-order valence-electron chi connectivity index (χ2n) is 8.13. The molecule has 0 spiro atoms. The van der Waals surface area contributed by atoms with Crippen LogP contribution in [0.1, 0.15) is 61.2 Å². The van der Waals surface area contributed by atoms with Crippen LogP contribution >= 0.6 is 22.7 Å². The lowest BCUT2D eigenvalue weighted by atomic mass is 9.95. The molecule has 3 heterocycles. The number of nitrogens with zero attached hydrogens (tertiary/aromatic N) is 3. The third kappa shape index (κ3) is 4.28. The Balaban J connectivity index is 1.92. The molecule has 4 rings (SSSR count). The van der Waals surface area contributed by atoms with Crippen LogP contribution < -0.4 is 14.4 Å². The minimum atomic E-state index is -1.01. The molecule has 1 aromatic carbocycles. The number of thiazole rings is 2. The topological polar surface area (TPSA) is 119 Å². The van der Waals surface area contributed by atoms with Gasteiger partial charge in [-0.05, 0) is 45.4 Å². The SMILES string of the molecule is CCOc1ccc(C2C(C(=O)c3sc(C)nc3C)=C(O)C(=O)N2c2nc(C)c(C(C)=O)s2)cc1OC. The van der Waals surface area contributed by atoms with E-state index in [0.29, 0.717) is 49.8 Å². The number of anilines is 1. The fourth-order valence-corrected chi connectivity index (χ4v) is 6.02. The molecule has 1 aliphatic heterocycles. The van der Waals surface area contributed by atoms with Gasteiger partial charge in [0.05, 0.1) is 51.5 Å². The van der Waals surface area contributed by atoms with Crippen molar-refractivity contribution in [3.8, 4) is 11.5 Å². The molecule has 11 heteroatoms. The third-order valence-corrected chi connectivity index (χ3v) is 8.01. The molecule has 1 aliphatic rings.